The van der Waals surface area contributed by atoms with E-state index in [1.54, 1.807) is 41.1 Å². The highest BCUT2D eigenvalue weighted by Crippen LogP contribution is 2.20. The Morgan fingerprint density at radius 1 is 1.24 bits per heavy atom. The lowest BCUT2D eigenvalue weighted by atomic mass is 10.2. The van der Waals surface area contributed by atoms with E-state index in [-0.39, 0.29) is 11.7 Å². The zero-order chi connectivity index (χ0) is 18.0. The van der Waals surface area contributed by atoms with Gasteiger partial charge in [-0.1, -0.05) is 33.6 Å². The molecule has 7 heteroatoms. The minimum absolute atomic E-state index is 0.239. The maximum Gasteiger partial charge on any atom is 0.256 e. The molecule has 1 amide bonds. The molecule has 3 aromatic rings. The molecule has 1 heterocycles. The quantitative estimate of drug-likeness (QED) is 0.640. The van der Waals surface area contributed by atoms with E-state index in [0.29, 0.717) is 22.9 Å². The number of aryl methyl sites for hydroxylation is 1. The number of hydrogen-bond acceptors (Lipinski definition) is 2. The molecule has 0 aliphatic carbocycles. The number of rotatable bonds is 4. The Hall–Kier alpha value is -2.18. The molecular weight excluding hydrogens is 409 g/mol. The van der Waals surface area contributed by atoms with Crippen molar-refractivity contribution < 1.29 is 9.18 Å². The summed E-state index contributed by atoms with van der Waals surface area (Å²) in [7, 11) is 0. The molecule has 0 bridgehead atoms. The number of nitrogens with one attached hydrogen (secondary N) is 1. The molecule has 0 aliphatic rings. The first kappa shape index (κ1) is 17.6. The van der Waals surface area contributed by atoms with E-state index < -0.39 is 0 Å². The summed E-state index contributed by atoms with van der Waals surface area (Å²) < 4.78 is 15.7. The maximum absolute atomic E-state index is 13.1. The van der Waals surface area contributed by atoms with Crippen molar-refractivity contribution in [3.8, 4) is 0 Å². The second-order valence-electron chi connectivity index (χ2n) is 5.53. The van der Waals surface area contributed by atoms with Crippen LogP contribution in [-0.4, -0.2) is 15.7 Å². The van der Waals surface area contributed by atoms with Gasteiger partial charge in [0.2, 0.25) is 0 Å². The average Bonchev–Trinajstić information content (AvgIpc) is 2.90. The predicted octanol–water partition coefficient (Wildman–Crippen LogP) is 5.05. The van der Waals surface area contributed by atoms with E-state index in [0.717, 1.165) is 15.7 Å². The van der Waals surface area contributed by atoms with Crippen LogP contribution in [-0.2, 0) is 6.54 Å². The van der Waals surface area contributed by atoms with Gasteiger partial charge in [-0.15, -0.1) is 0 Å². The van der Waals surface area contributed by atoms with Gasteiger partial charge in [0.15, 0.2) is 5.82 Å². The number of carbonyl (C=O) groups is 1. The summed E-state index contributed by atoms with van der Waals surface area (Å²) in [4.78, 5) is 12.3. The van der Waals surface area contributed by atoms with Gasteiger partial charge in [0.25, 0.3) is 5.91 Å². The van der Waals surface area contributed by atoms with E-state index >= 15 is 0 Å². The SMILES string of the molecule is Cc1cc(NC(=O)c2ccc(Br)cc2)nn1Cc1ccc(F)cc1Cl. The molecular formula is C18H14BrClFN3O. The van der Waals surface area contributed by atoms with Gasteiger partial charge in [-0.25, -0.2) is 4.39 Å². The second-order valence-corrected chi connectivity index (χ2v) is 6.85. The summed E-state index contributed by atoms with van der Waals surface area (Å²) in [6.45, 7) is 2.26. The average molecular weight is 423 g/mol. The molecule has 128 valence electrons. The third kappa shape index (κ3) is 4.27. The highest BCUT2D eigenvalue weighted by molar-refractivity contribution is 9.10. The van der Waals surface area contributed by atoms with Crippen molar-refractivity contribution in [1.82, 2.24) is 9.78 Å². The van der Waals surface area contributed by atoms with Crippen LogP contribution in [0.25, 0.3) is 0 Å². The molecule has 0 saturated carbocycles. The molecule has 0 saturated heterocycles. The molecule has 1 aromatic heterocycles. The number of nitrogens with zero attached hydrogens (tertiary/aromatic N) is 2. The Morgan fingerprint density at radius 3 is 2.64 bits per heavy atom. The lowest BCUT2D eigenvalue weighted by Gasteiger charge is -2.07. The van der Waals surface area contributed by atoms with Gasteiger partial charge in [-0.3, -0.25) is 9.48 Å². The summed E-state index contributed by atoms with van der Waals surface area (Å²) in [5.74, 6) is -0.172. The highest BCUT2D eigenvalue weighted by atomic mass is 79.9. The van der Waals surface area contributed by atoms with Gasteiger partial charge in [0.05, 0.1) is 6.54 Å². The zero-order valence-corrected chi connectivity index (χ0v) is 15.6. The van der Waals surface area contributed by atoms with Crippen molar-refractivity contribution in [1.29, 1.82) is 0 Å². The van der Waals surface area contributed by atoms with Crippen molar-refractivity contribution in [3.05, 3.63) is 80.7 Å². The maximum atomic E-state index is 13.1. The molecule has 0 spiro atoms. The largest absolute Gasteiger partial charge is 0.305 e. The Balaban J connectivity index is 1.75. The van der Waals surface area contributed by atoms with Crippen LogP contribution in [0.4, 0.5) is 10.2 Å². The first-order chi connectivity index (χ1) is 11.9. The molecule has 0 fully saturated rings. The summed E-state index contributed by atoms with van der Waals surface area (Å²) in [5.41, 5.74) is 2.14. The van der Waals surface area contributed by atoms with Gasteiger partial charge >= 0.3 is 0 Å². The fraction of sp³-hybridized carbons (Fsp3) is 0.111. The number of aromatic nitrogens is 2. The van der Waals surface area contributed by atoms with Crippen LogP contribution >= 0.6 is 27.5 Å². The molecule has 4 nitrogen and oxygen atoms in total. The number of halogens is 3. The fourth-order valence-electron chi connectivity index (χ4n) is 2.33. The van der Waals surface area contributed by atoms with Crippen LogP contribution in [0.3, 0.4) is 0 Å². The Morgan fingerprint density at radius 2 is 1.96 bits per heavy atom. The molecule has 0 aliphatic heterocycles. The molecule has 3 rings (SSSR count). The van der Waals surface area contributed by atoms with Crippen molar-refractivity contribution >= 4 is 39.3 Å². The van der Waals surface area contributed by atoms with Crippen LogP contribution in [0.5, 0.6) is 0 Å². The molecule has 0 unspecified atom stereocenters. The third-order valence-electron chi connectivity index (χ3n) is 3.66. The molecule has 2 aromatic carbocycles. The standard InChI is InChI=1S/C18H14BrClFN3O/c1-11-8-17(22-18(25)12-2-5-14(19)6-3-12)23-24(11)10-13-4-7-15(21)9-16(13)20/h2-9H,10H2,1H3,(H,22,23,25). The molecule has 0 atom stereocenters. The van der Waals surface area contributed by atoms with E-state index in [1.165, 1.54) is 12.1 Å². The van der Waals surface area contributed by atoms with Crippen molar-refractivity contribution in [2.24, 2.45) is 0 Å². The number of benzene rings is 2. The lowest BCUT2D eigenvalue weighted by Crippen LogP contribution is -2.12. The third-order valence-corrected chi connectivity index (χ3v) is 4.54. The van der Waals surface area contributed by atoms with Crippen LogP contribution in [0, 0.1) is 12.7 Å². The van der Waals surface area contributed by atoms with Gasteiger partial charge in [0.1, 0.15) is 5.82 Å². The van der Waals surface area contributed by atoms with Crippen molar-refractivity contribution in [2.45, 2.75) is 13.5 Å². The molecule has 25 heavy (non-hydrogen) atoms. The summed E-state index contributed by atoms with van der Waals surface area (Å²) >= 11 is 9.40. The predicted molar refractivity (Wildman–Crippen MR) is 99.6 cm³/mol. The summed E-state index contributed by atoms with van der Waals surface area (Å²) in [6, 6.07) is 13.1. The van der Waals surface area contributed by atoms with Gasteiger partial charge < -0.3 is 5.32 Å². The van der Waals surface area contributed by atoms with Gasteiger partial charge in [-0.05, 0) is 48.9 Å². The second kappa shape index (κ2) is 7.37. The van der Waals surface area contributed by atoms with Gasteiger partial charge in [-0.2, -0.15) is 5.10 Å². The Bertz CT molecular complexity index is 925. The Kier molecular flexibility index (Phi) is 5.20. The minimum atomic E-state index is -0.381. The van der Waals surface area contributed by atoms with Crippen LogP contribution in [0.15, 0.2) is 53.0 Å². The number of hydrogen-bond donors (Lipinski definition) is 1. The van der Waals surface area contributed by atoms with E-state index in [4.69, 9.17) is 11.6 Å². The number of amides is 1. The highest BCUT2D eigenvalue weighted by Gasteiger charge is 2.11. The van der Waals surface area contributed by atoms with Crippen molar-refractivity contribution in [3.63, 3.8) is 0 Å². The first-order valence-corrected chi connectivity index (χ1v) is 8.65. The van der Waals surface area contributed by atoms with Crippen molar-refractivity contribution in [2.75, 3.05) is 5.32 Å². The van der Waals surface area contributed by atoms with E-state index in [1.807, 2.05) is 6.92 Å². The summed E-state index contributed by atoms with van der Waals surface area (Å²) in [6.07, 6.45) is 0. The number of anilines is 1. The fourth-order valence-corrected chi connectivity index (χ4v) is 2.82. The van der Waals surface area contributed by atoms with E-state index in [2.05, 4.69) is 26.3 Å². The smallest absolute Gasteiger partial charge is 0.256 e. The minimum Gasteiger partial charge on any atom is -0.305 e. The Labute approximate surface area is 157 Å². The summed E-state index contributed by atoms with van der Waals surface area (Å²) in [5, 5.41) is 7.49. The van der Waals surface area contributed by atoms with Crippen LogP contribution < -0.4 is 5.32 Å². The van der Waals surface area contributed by atoms with Crippen LogP contribution in [0.1, 0.15) is 21.6 Å². The normalized spacial score (nSPS) is 10.7. The van der Waals surface area contributed by atoms with Gasteiger partial charge in [0, 0.05) is 26.8 Å². The topological polar surface area (TPSA) is 46.9 Å². The first-order valence-electron chi connectivity index (χ1n) is 7.47. The molecule has 0 radical (unpaired) electrons. The number of carbonyl (C=O) groups excluding carboxylic acids is 1. The molecule has 1 N–H and O–H groups in total. The zero-order valence-electron chi connectivity index (χ0n) is 13.3. The monoisotopic (exact) mass is 421 g/mol. The lowest BCUT2D eigenvalue weighted by molar-refractivity contribution is 0.102. The van der Waals surface area contributed by atoms with E-state index in [9.17, 15) is 9.18 Å². The van der Waals surface area contributed by atoms with Crippen LogP contribution in [0.2, 0.25) is 5.02 Å².